The monoisotopic (exact) mass is 298 g/mol. The molecule has 5 nitrogen and oxygen atoms in total. The highest BCUT2D eigenvalue weighted by Crippen LogP contribution is 2.24. The van der Waals surface area contributed by atoms with Crippen LogP contribution in [0.4, 0.5) is 0 Å². The summed E-state index contributed by atoms with van der Waals surface area (Å²) in [5.41, 5.74) is 1.24. The van der Waals surface area contributed by atoms with Crippen LogP contribution in [0.5, 0.6) is 5.75 Å². The largest absolute Gasteiger partial charge is 0.478 e. The Kier molecular flexibility index (Phi) is 3.78. The fraction of sp³-hybridized carbons (Fsp3) is 0.176. The number of fused-ring (bicyclic) bond motifs is 1. The van der Waals surface area contributed by atoms with Gasteiger partial charge >= 0.3 is 11.9 Å². The van der Waals surface area contributed by atoms with E-state index < -0.39 is 24.1 Å². The molecule has 3 rings (SSSR count). The third-order valence-electron chi connectivity index (χ3n) is 3.50. The number of hydrogen-bond acceptors (Lipinski definition) is 4. The average molecular weight is 298 g/mol. The molecule has 2 aromatic carbocycles. The van der Waals surface area contributed by atoms with E-state index in [9.17, 15) is 14.7 Å². The maximum absolute atomic E-state index is 12.0. The van der Waals surface area contributed by atoms with Gasteiger partial charge in [-0.1, -0.05) is 36.4 Å². The molecule has 0 bridgehead atoms. The summed E-state index contributed by atoms with van der Waals surface area (Å²) in [4.78, 5) is 23.5. The molecule has 0 spiro atoms. The summed E-state index contributed by atoms with van der Waals surface area (Å²) in [6.07, 6.45) is -1.80. The van der Waals surface area contributed by atoms with Gasteiger partial charge in [-0.05, 0) is 23.8 Å². The highest BCUT2D eigenvalue weighted by Gasteiger charge is 2.37. The van der Waals surface area contributed by atoms with Crippen molar-refractivity contribution in [1.29, 1.82) is 0 Å². The van der Waals surface area contributed by atoms with E-state index in [4.69, 9.17) is 9.47 Å². The van der Waals surface area contributed by atoms with E-state index in [0.717, 1.165) is 5.56 Å². The number of carbonyl (C=O) groups excluding carboxylic acids is 1. The second-order valence-electron chi connectivity index (χ2n) is 4.99. The summed E-state index contributed by atoms with van der Waals surface area (Å²) in [7, 11) is 0. The van der Waals surface area contributed by atoms with Crippen LogP contribution in [0.3, 0.4) is 0 Å². The van der Waals surface area contributed by atoms with Gasteiger partial charge in [0, 0.05) is 6.42 Å². The summed E-state index contributed by atoms with van der Waals surface area (Å²) in [6, 6.07) is 15.6. The molecule has 1 N–H and O–H groups in total. The molecule has 0 fully saturated rings. The minimum atomic E-state index is -1.25. The number of benzene rings is 2. The number of ether oxygens (including phenoxy) is 2. The van der Waals surface area contributed by atoms with Crippen molar-refractivity contribution in [3.05, 3.63) is 65.7 Å². The van der Waals surface area contributed by atoms with Gasteiger partial charge in [0.15, 0.2) is 6.10 Å². The van der Waals surface area contributed by atoms with Crippen LogP contribution in [0, 0.1) is 0 Å². The lowest BCUT2D eigenvalue weighted by molar-refractivity contribution is -0.150. The third-order valence-corrected chi connectivity index (χ3v) is 3.50. The Morgan fingerprint density at radius 3 is 2.55 bits per heavy atom. The Morgan fingerprint density at radius 2 is 1.82 bits per heavy atom. The number of esters is 1. The van der Waals surface area contributed by atoms with Gasteiger partial charge < -0.3 is 14.6 Å². The standard InChI is InChI=1S/C17H14O5/c18-16(19)15(21-12-7-2-1-3-8-12)14-10-11-6-4-5-9-13(11)17(20)22-14/h1-9,14-15H,10H2,(H,18,19). The number of carboxylic acids is 1. The van der Waals surface area contributed by atoms with E-state index in [-0.39, 0.29) is 0 Å². The summed E-state index contributed by atoms with van der Waals surface area (Å²) in [5, 5.41) is 9.40. The van der Waals surface area contributed by atoms with Gasteiger partial charge in [-0.2, -0.15) is 0 Å². The normalized spacial score (nSPS) is 18.0. The van der Waals surface area contributed by atoms with Crippen molar-refractivity contribution in [3.8, 4) is 5.75 Å². The van der Waals surface area contributed by atoms with E-state index >= 15 is 0 Å². The molecular formula is C17H14O5. The topological polar surface area (TPSA) is 72.8 Å². The van der Waals surface area contributed by atoms with E-state index in [1.54, 1.807) is 48.5 Å². The summed E-state index contributed by atoms with van der Waals surface area (Å²) < 4.78 is 10.8. The maximum atomic E-state index is 12.0. The number of carboxylic acid groups (broad SMARTS) is 1. The Bertz CT molecular complexity index is 695. The smallest absolute Gasteiger partial charge is 0.348 e. The number of para-hydroxylation sites is 1. The maximum Gasteiger partial charge on any atom is 0.348 e. The highest BCUT2D eigenvalue weighted by molar-refractivity contribution is 5.92. The van der Waals surface area contributed by atoms with E-state index in [1.165, 1.54) is 0 Å². The molecule has 112 valence electrons. The van der Waals surface area contributed by atoms with Crippen LogP contribution >= 0.6 is 0 Å². The molecule has 0 amide bonds. The Hall–Kier alpha value is -2.82. The predicted octanol–water partition coefficient (Wildman–Crippen LogP) is 2.30. The first-order valence-electron chi connectivity index (χ1n) is 6.88. The quantitative estimate of drug-likeness (QED) is 0.877. The van der Waals surface area contributed by atoms with Crippen molar-refractivity contribution in [2.24, 2.45) is 0 Å². The number of carbonyl (C=O) groups is 2. The Labute approximate surface area is 127 Å². The molecule has 1 heterocycles. The molecule has 2 aromatic rings. The fourth-order valence-electron chi connectivity index (χ4n) is 2.46. The van der Waals surface area contributed by atoms with Crippen LogP contribution in [0.1, 0.15) is 15.9 Å². The van der Waals surface area contributed by atoms with Gasteiger partial charge in [0.25, 0.3) is 0 Å². The second-order valence-corrected chi connectivity index (χ2v) is 4.99. The van der Waals surface area contributed by atoms with E-state index in [0.29, 0.717) is 17.7 Å². The Morgan fingerprint density at radius 1 is 1.14 bits per heavy atom. The Balaban J connectivity index is 1.85. The molecule has 2 unspecified atom stereocenters. The molecule has 22 heavy (non-hydrogen) atoms. The lowest BCUT2D eigenvalue weighted by Gasteiger charge is -2.29. The van der Waals surface area contributed by atoms with Gasteiger partial charge in [0.1, 0.15) is 5.75 Å². The minimum absolute atomic E-state index is 0.311. The molecule has 0 aliphatic carbocycles. The molecule has 0 aromatic heterocycles. The SMILES string of the molecule is O=C1OC(C(Oc2ccccc2)C(=O)O)Cc2ccccc21. The first-order chi connectivity index (χ1) is 10.6. The minimum Gasteiger partial charge on any atom is -0.478 e. The van der Waals surface area contributed by atoms with Gasteiger partial charge in [0.2, 0.25) is 6.10 Å². The third kappa shape index (κ3) is 2.79. The predicted molar refractivity (Wildman–Crippen MR) is 77.8 cm³/mol. The zero-order chi connectivity index (χ0) is 15.5. The second kappa shape index (κ2) is 5.89. The highest BCUT2D eigenvalue weighted by atomic mass is 16.6. The van der Waals surface area contributed by atoms with Crippen molar-refractivity contribution in [2.75, 3.05) is 0 Å². The van der Waals surface area contributed by atoms with E-state index in [1.807, 2.05) is 6.07 Å². The average Bonchev–Trinajstić information content (AvgIpc) is 2.53. The van der Waals surface area contributed by atoms with Gasteiger partial charge in [-0.3, -0.25) is 0 Å². The van der Waals surface area contributed by atoms with Crippen molar-refractivity contribution in [3.63, 3.8) is 0 Å². The molecule has 0 radical (unpaired) electrons. The van der Waals surface area contributed by atoms with Crippen molar-refractivity contribution < 1.29 is 24.2 Å². The molecule has 1 aliphatic rings. The van der Waals surface area contributed by atoms with Crippen LogP contribution in [0.25, 0.3) is 0 Å². The molecular weight excluding hydrogens is 284 g/mol. The summed E-state index contributed by atoms with van der Waals surface area (Å²) in [5.74, 6) is -1.26. The number of cyclic esters (lactones) is 1. The number of rotatable bonds is 4. The van der Waals surface area contributed by atoms with Crippen LogP contribution < -0.4 is 4.74 Å². The first kappa shape index (κ1) is 14.1. The summed E-state index contributed by atoms with van der Waals surface area (Å²) >= 11 is 0. The molecule has 1 aliphatic heterocycles. The van der Waals surface area contributed by atoms with Gasteiger partial charge in [0.05, 0.1) is 5.56 Å². The number of aliphatic carboxylic acids is 1. The zero-order valence-corrected chi connectivity index (χ0v) is 11.6. The fourth-order valence-corrected chi connectivity index (χ4v) is 2.46. The zero-order valence-electron chi connectivity index (χ0n) is 11.6. The summed E-state index contributed by atoms with van der Waals surface area (Å²) in [6.45, 7) is 0. The molecule has 5 heteroatoms. The van der Waals surface area contributed by atoms with E-state index in [2.05, 4.69) is 0 Å². The lowest BCUT2D eigenvalue weighted by atomic mass is 9.96. The van der Waals surface area contributed by atoms with Crippen molar-refractivity contribution in [1.82, 2.24) is 0 Å². The van der Waals surface area contributed by atoms with Crippen molar-refractivity contribution in [2.45, 2.75) is 18.6 Å². The number of hydrogen-bond donors (Lipinski definition) is 1. The van der Waals surface area contributed by atoms with Gasteiger partial charge in [-0.15, -0.1) is 0 Å². The van der Waals surface area contributed by atoms with Crippen LogP contribution in [-0.4, -0.2) is 29.3 Å². The van der Waals surface area contributed by atoms with Crippen LogP contribution in [0.2, 0.25) is 0 Å². The van der Waals surface area contributed by atoms with Crippen molar-refractivity contribution >= 4 is 11.9 Å². The van der Waals surface area contributed by atoms with Gasteiger partial charge in [-0.25, -0.2) is 9.59 Å². The van der Waals surface area contributed by atoms with Crippen LogP contribution in [-0.2, 0) is 16.0 Å². The molecule has 2 atom stereocenters. The molecule has 0 saturated carbocycles. The van der Waals surface area contributed by atoms with Crippen LogP contribution in [0.15, 0.2) is 54.6 Å². The first-order valence-corrected chi connectivity index (χ1v) is 6.88. The lowest BCUT2D eigenvalue weighted by Crippen LogP contribution is -2.45. The molecule has 0 saturated heterocycles.